The normalized spacial score (nSPS) is 12.0. The number of aromatic nitrogens is 2. The van der Waals surface area contributed by atoms with Crippen molar-refractivity contribution in [3.63, 3.8) is 0 Å². The van der Waals surface area contributed by atoms with E-state index in [1.807, 2.05) is 0 Å². The second-order valence-electron chi connectivity index (χ2n) is 4.19. The zero-order chi connectivity index (χ0) is 14.8. The van der Waals surface area contributed by atoms with Crippen molar-refractivity contribution < 1.29 is 18.0 Å². The zero-order valence-electron chi connectivity index (χ0n) is 10.6. The fourth-order valence-corrected chi connectivity index (χ4v) is 1.71. The smallest absolute Gasteiger partial charge is 0.289 e. The minimum absolute atomic E-state index is 0.0442. The van der Waals surface area contributed by atoms with Gasteiger partial charge in [-0.2, -0.15) is 18.3 Å². The van der Waals surface area contributed by atoms with E-state index >= 15 is 0 Å². The predicted octanol–water partition coefficient (Wildman–Crippen LogP) is 3.34. The lowest BCUT2D eigenvalue weighted by Gasteiger charge is -2.09. The van der Waals surface area contributed by atoms with Gasteiger partial charge in [0, 0.05) is 13.2 Å². The average molecular weight is 280 g/mol. The first-order valence-electron chi connectivity index (χ1n) is 5.75. The van der Waals surface area contributed by atoms with Crippen molar-refractivity contribution in [2.75, 3.05) is 0 Å². The van der Waals surface area contributed by atoms with E-state index in [1.54, 1.807) is 7.05 Å². The van der Waals surface area contributed by atoms with Crippen LogP contribution in [0.4, 0.5) is 13.2 Å². The number of rotatable bonds is 3. The van der Waals surface area contributed by atoms with Gasteiger partial charge in [-0.25, -0.2) is 0 Å². The van der Waals surface area contributed by atoms with Crippen LogP contribution in [0.1, 0.15) is 21.5 Å². The third-order valence-electron chi connectivity index (χ3n) is 2.67. The standard InChI is InChI=1S/C14H11F3N2O/c1-19-9-11(8-18-19)13(20)7-6-10-4-2-3-5-12(10)14(15,16)17/h2-9H,1H3/b7-6+. The Morgan fingerprint density at radius 1 is 1.30 bits per heavy atom. The molecule has 0 saturated heterocycles. The third kappa shape index (κ3) is 3.14. The Morgan fingerprint density at radius 2 is 2.00 bits per heavy atom. The molecule has 0 fully saturated rings. The van der Waals surface area contributed by atoms with Crippen molar-refractivity contribution in [2.24, 2.45) is 7.05 Å². The molecule has 20 heavy (non-hydrogen) atoms. The number of hydrogen-bond acceptors (Lipinski definition) is 2. The summed E-state index contributed by atoms with van der Waals surface area (Å²) in [4.78, 5) is 11.8. The molecule has 0 atom stereocenters. The second-order valence-corrected chi connectivity index (χ2v) is 4.19. The summed E-state index contributed by atoms with van der Waals surface area (Å²) in [6.45, 7) is 0. The summed E-state index contributed by atoms with van der Waals surface area (Å²) in [7, 11) is 1.65. The van der Waals surface area contributed by atoms with Gasteiger partial charge >= 0.3 is 6.18 Å². The van der Waals surface area contributed by atoms with E-state index < -0.39 is 17.5 Å². The first-order valence-corrected chi connectivity index (χ1v) is 5.75. The molecule has 2 aromatic rings. The predicted molar refractivity (Wildman–Crippen MR) is 68.0 cm³/mol. The molecule has 1 heterocycles. The summed E-state index contributed by atoms with van der Waals surface area (Å²) in [5.41, 5.74) is -0.485. The number of hydrogen-bond donors (Lipinski definition) is 0. The van der Waals surface area contributed by atoms with Crippen LogP contribution in [0.3, 0.4) is 0 Å². The Bertz CT molecular complexity index is 656. The highest BCUT2D eigenvalue weighted by molar-refractivity contribution is 6.06. The van der Waals surface area contributed by atoms with Gasteiger partial charge in [-0.1, -0.05) is 24.3 Å². The Kier molecular flexibility index (Phi) is 3.74. The summed E-state index contributed by atoms with van der Waals surface area (Å²) in [6.07, 6.45) is 0.697. The number of alkyl halides is 3. The van der Waals surface area contributed by atoms with Gasteiger partial charge in [-0.15, -0.1) is 0 Å². The fraction of sp³-hybridized carbons (Fsp3) is 0.143. The zero-order valence-corrected chi connectivity index (χ0v) is 10.6. The molecular formula is C14H11F3N2O. The highest BCUT2D eigenvalue weighted by Crippen LogP contribution is 2.32. The quantitative estimate of drug-likeness (QED) is 0.638. The summed E-state index contributed by atoms with van der Waals surface area (Å²) in [5, 5.41) is 3.83. The Balaban J connectivity index is 2.26. The molecule has 0 amide bonds. The van der Waals surface area contributed by atoms with Crippen molar-refractivity contribution in [3.05, 3.63) is 59.4 Å². The lowest BCUT2D eigenvalue weighted by Crippen LogP contribution is -2.07. The molecule has 0 N–H and O–H groups in total. The van der Waals surface area contributed by atoms with E-state index in [0.29, 0.717) is 5.56 Å². The molecule has 0 unspecified atom stereocenters. The maximum absolute atomic E-state index is 12.8. The lowest BCUT2D eigenvalue weighted by atomic mass is 10.1. The van der Waals surface area contributed by atoms with E-state index in [0.717, 1.165) is 18.2 Å². The summed E-state index contributed by atoms with van der Waals surface area (Å²) < 4.78 is 39.7. The van der Waals surface area contributed by atoms with Crippen molar-refractivity contribution in [1.29, 1.82) is 0 Å². The molecule has 0 spiro atoms. The number of aryl methyl sites for hydroxylation is 1. The molecule has 0 aliphatic rings. The number of carbonyl (C=O) groups is 1. The SMILES string of the molecule is Cn1cc(C(=O)/C=C/c2ccccc2C(F)(F)F)cn1. The monoisotopic (exact) mass is 280 g/mol. The third-order valence-corrected chi connectivity index (χ3v) is 2.67. The van der Waals surface area contributed by atoms with Gasteiger partial charge in [-0.3, -0.25) is 9.48 Å². The summed E-state index contributed by atoms with van der Waals surface area (Å²) in [6, 6.07) is 5.09. The van der Waals surface area contributed by atoms with Crippen LogP contribution in [-0.2, 0) is 13.2 Å². The van der Waals surface area contributed by atoms with Crippen LogP contribution in [0.25, 0.3) is 6.08 Å². The molecule has 0 aliphatic heterocycles. The maximum atomic E-state index is 12.8. The summed E-state index contributed by atoms with van der Waals surface area (Å²) >= 11 is 0. The molecule has 0 aliphatic carbocycles. The minimum atomic E-state index is -4.45. The number of allylic oxidation sites excluding steroid dienone is 1. The average Bonchev–Trinajstić information content (AvgIpc) is 2.82. The molecule has 1 aromatic heterocycles. The van der Waals surface area contributed by atoms with Crippen LogP contribution in [0.15, 0.2) is 42.7 Å². The van der Waals surface area contributed by atoms with E-state index in [-0.39, 0.29) is 5.56 Å². The molecule has 0 saturated carbocycles. The van der Waals surface area contributed by atoms with E-state index in [2.05, 4.69) is 5.10 Å². The number of carbonyl (C=O) groups excluding carboxylic acids is 1. The number of nitrogens with zero attached hydrogens (tertiary/aromatic N) is 2. The van der Waals surface area contributed by atoms with Crippen molar-refractivity contribution >= 4 is 11.9 Å². The molecule has 6 heteroatoms. The Labute approximate surface area is 113 Å². The van der Waals surface area contributed by atoms with Gasteiger partial charge in [0.05, 0.1) is 17.3 Å². The first-order chi connectivity index (χ1) is 9.38. The largest absolute Gasteiger partial charge is 0.416 e. The molecule has 1 aromatic carbocycles. The minimum Gasteiger partial charge on any atom is -0.289 e. The summed E-state index contributed by atoms with van der Waals surface area (Å²) in [5.74, 6) is -0.393. The second kappa shape index (κ2) is 5.32. The number of benzene rings is 1. The molecule has 0 bridgehead atoms. The van der Waals surface area contributed by atoms with Crippen LogP contribution >= 0.6 is 0 Å². The van der Waals surface area contributed by atoms with Crippen LogP contribution in [-0.4, -0.2) is 15.6 Å². The number of halogens is 3. The topological polar surface area (TPSA) is 34.9 Å². The van der Waals surface area contributed by atoms with Crippen LogP contribution in [0.5, 0.6) is 0 Å². The van der Waals surface area contributed by atoms with Crippen molar-refractivity contribution in [3.8, 4) is 0 Å². The van der Waals surface area contributed by atoms with Gasteiger partial charge in [0.1, 0.15) is 0 Å². The highest BCUT2D eigenvalue weighted by Gasteiger charge is 2.32. The molecule has 3 nitrogen and oxygen atoms in total. The highest BCUT2D eigenvalue weighted by atomic mass is 19.4. The number of ketones is 1. The van der Waals surface area contributed by atoms with Crippen LogP contribution in [0, 0.1) is 0 Å². The Hall–Kier alpha value is -2.37. The van der Waals surface area contributed by atoms with Gasteiger partial charge in [0.2, 0.25) is 0 Å². The van der Waals surface area contributed by atoms with Gasteiger partial charge < -0.3 is 0 Å². The van der Waals surface area contributed by atoms with Gasteiger partial charge in [0.25, 0.3) is 0 Å². The molecular weight excluding hydrogens is 269 g/mol. The Morgan fingerprint density at radius 3 is 2.60 bits per heavy atom. The molecule has 104 valence electrons. The van der Waals surface area contributed by atoms with Gasteiger partial charge in [-0.05, 0) is 17.7 Å². The van der Waals surface area contributed by atoms with Crippen LogP contribution in [0.2, 0.25) is 0 Å². The van der Waals surface area contributed by atoms with E-state index in [9.17, 15) is 18.0 Å². The van der Waals surface area contributed by atoms with Crippen LogP contribution < -0.4 is 0 Å². The van der Waals surface area contributed by atoms with Crippen molar-refractivity contribution in [1.82, 2.24) is 9.78 Å². The molecule has 0 radical (unpaired) electrons. The lowest BCUT2D eigenvalue weighted by molar-refractivity contribution is -0.137. The van der Waals surface area contributed by atoms with E-state index in [4.69, 9.17) is 0 Å². The van der Waals surface area contributed by atoms with Crippen molar-refractivity contribution in [2.45, 2.75) is 6.18 Å². The maximum Gasteiger partial charge on any atom is 0.416 e. The fourth-order valence-electron chi connectivity index (χ4n) is 1.71. The van der Waals surface area contributed by atoms with E-state index in [1.165, 1.54) is 35.3 Å². The molecule has 2 rings (SSSR count). The van der Waals surface area contributed by atoms with Gasteiger partial charge in [0.15, 0.2) is 5.78 Å². The first kappa shape index (κ1) is 14.0.